The number of non-ortho nitro benzene ring substituents is 1. The minimum atomic E-state index is -4.23. The second-order valence-corrected chi connectivity index (χ2v) is 6.61. The second-order valence-electron chi connectivity index (χ2n) is 5.04. The van der Waals surface area contributed by atoms with E-state index in [0.717, 1.165) is 37.1 Å². The van der Waals surface area contributed by atoms with E-state index in [1.807, 2.05) is 6.92 Å². The van der Waals surface area contributed by atoms with Gasteiger partial charge in [0.15, 0.2) is 6.10 Å². The number of hydrogen-bond donors (Lipinski definition) is 0. The minimum Gasteiger partial charge on any atom is -0.464 e. The topological polar surface area (TPSA) is 113 Å². The molecule has 0 saturated heterocycles. The molecule has 1 atom stereocenters. The number of esters is 1. The maximum atomic E-state index is 12.3. The Morgan fingerprint density at radius 1 is 1.21 bits per heavy atom. The van der Waals surface area contributed by atoms with Crippen LogP contribution in [0.1, 0.15) is 39.5 Å². The van der Waals surface area contributed by atoms with E-state index in [1.165, 1.54) is 0 Å². The first-order chi connectivity index (χ1) is 11.3. The van der Waals surface area contributed by atoms with Crippen molar-refractivity contribution in [2.45, 2.75) is 50.5 Å². The Morgan fingerprint density at radius 2 is 1.83 bits per heavy atom. The molecule has 0 aromatic heterocycles. The molecule has 0 fully saturated rings. The second kappa shape index (κ2) is 9.33. The van der Waals surface area contributed by atoms with Gasteiger partial charge in [-0.3, -0.25) is 14.3 Å². The van der Waals surface area contributed by atoms with Gasteiger partial charge in [0.25, 0.3) is 15.8 Å². The lowest BCUT2D eigenvalue weighted by Gasteiger charge is -2.16. The third-order valence-electron chi connectivity index (χ3n) is 3.20. The van der Waals surface area contributed by atoms with E-state index in [4.69, 9.17) is 8.92 Å². The molecule has 0 radical (unpaired) electrons. The van der Waals surface area contributed by atoms with Gasteiger partial charge >= 0.3 is 5.97 Å². The van der Waals surface area contributed by atoms with Crippen molar-refractivity contribution in [1.82, 2.24) is 0 Å². The summed E-state index contributed by atoms with van der Waals surface area (Å²) in [4.78, 5) is 21.6. The van der Waals surface area contributed by atoms with Gasteiger partial charge in [0.05, 0.1) is 16.4 Å². The highest BCUT2D eigenvalue weighted by molar-refractivity contribution is 7.86. The van der Waals surface area contributed by atoms with Crippen LogP contribution in [-0.2, 0) is 23.8 Å². The first kappa shape index (κ1) is 20.0. The number of nitro benzene ring substituents is 1. The number of unbranched alkanes of at least 4 members (excludes halogenated alkanes) is 2. The van der Waals surface area contributed by atoms with Crippen LogP contribution in [0.25, 0.3) is 0 Å². The molecular weight excluding hydrogens is 338 g/mol. The Kier molecular flexibility index (Phi) is 7.80. The van der Waals surface area contributed by atoms with Gasteiger partial charge in [-0.25, -0.2) is 4.79 Å². The zero-order valence-corrected chi connectivity index (χ0v) is 14.5. The van der Waals surface area contributed by atoms with E-state index in [-0.39, 0.29) is 23.6 Å². The molecule has 0 aliphatic carbocycles. The van der Waals surface area contributed by atoms with Gasteiger partial charge in [-0.2, -0.15) is 8.42 Å². The van der Waals surface area contributed by atoms with Gasteiger partial charge in [0.1, 0.15) is 0 Å². The van der Waals surface area contributed by atoms with E-state index in [9.17, 15) is 23.3 Å². The molecule has 0 amide bonds. The lowest BCUT2D eigenvalue weighted by Crippen LogP contribution is -2.29. The fourth-order valence-electron chi connectivity index (χ4n) is 1.96. The fraction of sp³-hybridized carbons (Fsp3) is 0.533. The van der Waals surface area contributed by atoms with E-state index >= 15 is 0 Å². The van der Waals surface area contributed by atoms with Crippen molar-refractivity contribution in [1.29, 1.82) is 0 Å². The molecule has 0 spiro atoms. The Balaban J connectivity index is 2.92. The molecule has 0 aliphatic rings. The van der Waals surface area contributed by atoms with Crippen LogP contribution in [0.3, 0.4) is 0 Å². The third kappa shape index (κ3) is 5.89. The Morgan fingerprint density at radius 3 is 2.33 bits per heavy atom. The number of carbonyl (C=O) groups excluding carboxylic acids is 1. The zero-order chi connectivity index (χ0) is 18.2. The van der Waals surface area contributed by atoms with Crippen molar-refractivity contribution in [3.05, 3.63) is 34.4 Å². The normalized spacial score (nSPS) is 12.6. The summed E-state index contributed by atoms with van der Waals surface area (Å²) in [6, 6.07) is 4.27. The van der Waals surface area contributed by atoms with Crippen LogP contribution < -0.4 is 0 Å². The number of benzene rings is 1. The van der Waals surface area contributed by atoms with E-state index in [0.29, 0.717) is 6.42 Å². The Labute approximate surface area is 141 Å². The van der Waals surface area contributed by atoms with Crippen molar-refractivity contribution in [2.24, 2.45) is 0 Å². The predicted molar refractivity (Wildman–Crippen MR) is 85.9 cm³/mol. The highest BCUT2D eigenvalue weighted by atomic mass is 32.2. The lowest BCUT2D eigenvalue weighted by molar-refractivity contribution is -0.384. The number of hydrogen-bond acceptors (Lipinski definition) is 7. The summed E-state index contributed by atoms with van der Waals surface area (Å²) in [5.41, 5.74) is -0.237. The van der Waals surface area contributed by atoms with Crippen molar-refractivity contribution in [3.8, 4) is 0 Å². The van der Waals surface area contributed by atoms with Crippen molar-refractivity contribution < 1.29 is 27.1 Å². The predicted octanol–water partition coefficient (Wildman–Crippen LogP) is 2.81. The van der Waals surface area contributed by atoms with Crippen LogP contribution in [0.2, 0.25) is 0 Å². The van der Waals surface area contributed by atoms with Gasteiger partial charge in [-0.05, 0) is 25.5 Å². The summed E-state index contributed by atoms with van der Waals surface area (Å²) < 4.78 is 34.4. The summed E-state index contributed by atoms with van der Waals surface area (Å²) in [6.07, 6.45) is 1.35. The van der Waals surface area contributed by atoms with Gasteiger partial charge in [0.2, 0.25) is 0 Å². The maximum Gasteiger partial charge on any atom is 0.336 e. The van der Waals surface area contributed by atoms with Crippen LogP contribution in [0.4, 0.5) is 5.69 Å². The molecule has 0 unspecified atom stereocenters. The van der Waals surface area contributed by atoms with Crippen LogP contribution in [-0.4, -0.2) is 32.0 Å². The molecule has 0 N–H and O–H groups in total. The van der Waals surface area contributed by atoms with Gasteiger partial charge < -0.3 is 4.74 Å². The monoisotopic (exact) mass is 359 g/mol. The molecule has 9 heteroatoms. The van der Waals surface area contributed by atoms with Crippen molar-refractivity contribution in [3.63, 3.8) is 0 Å². The number of rotatable bonds is 10. The van der Waals surface area contributed by atoms with E-state index in [1.54, 1.807) is 6.92 Å². The van der Waals surface area contributed by atoms with Crippen LogP contribution in [0.5, 0.6) is 0 Å². The number of nitro groups is 1. The first-order valence-electron chi connectivity index (χ1n) is 7.66. The van der Waals surface area contributed by atoms with E-state index < -0.39 is 27.1 Å². The highest BCUT2D eigenvalue weighted by Gasteiger charge is 2.28. The smallest absolute Gasteiger partial charge is 0.336 e. The molecule has 1 aromatic rings. The van der Waals surface area contributed by atoms with Gasteiger partial charge in [-0.15, -0.1) is 0 Å². The quantitative estimate of drug-likeness (QED) is 0.207. The molecule has 24 heavy (non-hydrogen) atoms. The molecule has 0 aliphatic heterocycles. The summed E-state index contributed by atoms with van der Waals surface area (Å²) in [6.45, 7) is 3.71. The minimum absolute atomic E-state index is 0.115. The summed E-state index contributed by atoms with van der Waals surface area (Å²) in [5, 5.41) is 10.6. The molecular formula is C15H21NO7S. The van der Waals surface area contributed by atoms with Crippen LogP contribution in [0.15, 0.2) is 29.2 Å². The van der Waals surface area contributed by atoms with Gasteiger partial charge in [0, 0.05) is 12.1 Å². The van der Waals surface area contributed by atoms with Crippen molar-refractivity contribution in [2.75, 3.05) is 6.61 Å². The Hall–Kier alpha value is -2.00. The van der Waals surface area contributed by atoms with E-state index in [2.05, 4.69) is 0 Å². The molecule has 8 nitrogen and oxygen atoms in total. The zero-order valence-electron chi connectivity index (χ0n) is 13.6. The highest BCUT2D eigenvalue weighted by Crippen LogP contribution is 2.21. The average Bonchev–Trinajstić information content (AvgIpc) is 2.54. The molecule has 0 heterocycles. The molecule has 0 saturated carbocycles. The molecule has 0 bridgehead atoms. The van der Waals surface area contributed by atoms with Crippen molar-refractivity contribution >= 4 is 21.8 Å². The number of carbonyl (C=O) groups is 1. The number of ether oxygens (including phenoxy) is 1. The number of nitrogens with zero attached hydrogens (tertiary/aromatic N) is 1. The fourth-order valence-corrected chi connectivity index (χ4v) is 3.02. The molecule has 1 rings (SSSR count). The molecule has 134 valence electrons. The lowest BCUT2D eigenvalue weighted by atomic mass is 10.1. The molecule has 1 aromatic carbocycles. The largest absolute Gasteiger partial charge is 0.464 e. The summed E-state index contributed by atoms with van der Waals surface area (Å²) in [7, 11) is -4.23. The maximum absolute atomic E-state index is 12.3. The van der Waals surface area contributed by atoms with Gasteiger partial charge in [-0.1, -0.05) is 26.2 Å². The van der Waals surface area contributed by atoms with Crippen LogP contribution >= 0.6 is 0 Å². The standard InChI is InChI=1S/C15H21NO7S/c1-3-5-6-7-14(15(17)22-4-2)23-24(20,21)13-10-8-12(9-11-13)16(18)19/h8-11,14H,3-7H2,1-2H3/t14-/m1/s1. The average molecular weight is 359 g/mol. The first-order valence-corrected chi connectivity index (χ1v) is 9.07. The SMILES string of the molecule is CCCCC[C@@H](OS(=O)(=O)c1ccc([N+](=O)[O-])cc1)C(=O)OCC. The summed E-state index contributed by atoms with van der Waals surface area (Å²) in [5.74, 6) is -0.737. The van der Waals surface area contributed by atoms with Crippen LogP contribution in [0, 0.1) is 10.1 Å². The Bertz CT molecular complexity index is 655. The third-order valence-corrected chi connectivity index (χ3v) is 4.53. The summed E-state index contributed by atoms with van der Waals surface area (Å²) >= 11 is 0.